The van der Waals surface area contributed by atoms with Gasteiger partial charge in [0.15, 0.2) is 0 Å². The van der Waals surface area contributed by atoms with Crippen molar-refractivity contribution in [3.8, 4) is 0 Å². The summed E-state index contributed by atoms with van der Waals surface area (Å²) in [6.45, 7) is 11.0. The number of amides is 1. The van der Waals surface area contributed by atoms with E-state index in [1.807, 2.05) is 34.7 Å². The van der Waals surface area contributed by atoms with E-state index in [0.717, 1.165) is 29.9 Å². The maximum Gasteiger partial charge on any atom is 0.227 e. The van der Waals surface area contributed by atoms with Gasteiger partial charge in [-0.2, -0.15) is 5.10 Å². The number of benzene rings is 1. The molecule has 0 unspecified atom stereocenters. The first-order chi connectivity index (χ1) is 12.4. The lowest BCUT2D eigenvalue weighted by Crippen LogP contribution is -2.38. The number of nitrogens with zero attached hydrogens (tertiary/aromatic N) is 3. The van der Waals surface area contributed by atoms with E-state index in [1.54, 1.807) is 0 Å². The molecule has 2 aromatic rings. The number of aromatic nitrogens is 2. The molecule has 1 amide bonds. The van der Waals surface area contributed by atoms with Crippen molar-refractivity contribution >= 4 is 5.91 Å². The van der Waals surface area contributed by atoms with E-state index in [4.69, 9.17) is 5.73 Å². The molecule has 1 aromatic carbocycles. The zero-order valence-corrected chi connectivity index (χ0v) is 16.5. The Morgan fingerprint density at radius 3 is 2.50 bits per heavy atom. The van der Waals surface area contributed by atoms with Gasteiger partial charge in [-0.15, -0.1) is 0 Å². The second-order valence-corrected chi connectivity index (χ2v) is 7.31. The molecule has 1 heterocycles. The summed E-state index contributed by atoms with van der Waals surface area (Å²) in [4.78, 5) is 14.8. The second kappa shape index (κ2) is 9.53. The highest BCUT2D eigenvalue weighted by molar-refractivity contribution is 5.79. The van der Waals surface area contributed by atoms with Gasteiger partial charge in [0.1, 0.15) is 0 Å². The fourth-order valence-corrected chi connectivity index (χ4v) is 3.20. The number of aryl methyl sites for hydroxylation is 1. The number of carbonyl (C=O) groups excluding carboxylic acids is 1. The molecule has 142 valence electrons. The van der Waals surface area contributed by atoms with Gasteiger partial charge in [-0.1, -0.05) is 44.2 Å². The largest absolute Gasteiger partial charge is 0.341 e. The molecule has 0 aliphatic rings. The molecule has 0 saturated heterocycles. The van der Waals surface area contributed by atoms with Crippen LogP contribution in [0.15, 0.2) is 30.3 Å². The average Bonchev–Trinajstić information content (AvgIpc) is 2.86. The van der Waals surface area contributed by atoms with Crippen LogP contribution in [0.3, 0.4) is 0 Å². The van der Waals surface area contributed by atoms with Crippen LogP contribution in [0.25, 0.3) is 0 Å². The van der Waals surface area contributed by atoms with E-state index >= 15 is 0 Å². The Labute approximate surface area is 157 Å². The molecule has 5 heteroatoms. The van der Waals surface area contributed by atoms with Crippen molar-refractivity contribution in [3.63, 3.8) is 0 Å². The fraction of sp³-hybridized carbons (Fsp3) is 0.524. The first-order valence-corrected chi connectivity index (χ1v) is 9.47. The highest BCUT2D eigenvalue weighted by atomic mass is 16.2. The van der Waals surface area contributed by atoms with Crippen molar-refractivity contribution < 1.29 is 4.79 Å². The summed E-state index contributed by atoms with van der Waals surface area (Å²) >= 11 is 0. The first-order valence-electron chi connectivity index (χ1n) is 9.47. The topological polar surface area (TPSA) is 64.2 Å². The van der Waals surface area contributed by atoms with Gasteiger partial charge in [0.25, 0.3) is 0 Å². The average molecular weight is 357 g/mol. The Morgan fingerprint density at radius 1 is 1.19 bits per heavy atom. The normalized spacial score (nSPS) is 11.2. The Hall–Kier alpha value is -2.14. The van der Waals surface area contributed by atoms with Crippen molar-refractivity contribution in [1.29, 1.82) is 0 Å². The number of hydrogen-bond acceptors (Lipinski definition) is 3. The minimum Gasteiger partial charge on any atom is -0.341 e. The third kappa shape index (κ3) is 5.43. The van der Waals surface area contributed by atoms with Crippen molar-refractivity contribution in [3.05, 3.63) is 52.8 Å². The SMILES string of the molecule is Cc1nn(CC(C)C)c(C)c1CC(=O)N(CCN)CCc1ccccc1. The molecule has 0 bridgehead atoms. The van der Waals surface area contributed by atoms with E-state index in [-0.39, 0.29) is 5.91 Å². The molecular formula is C21H32N4O. The van der Waals surface area contributed by atoms with Crippen molar-refractivity contribution in [1.82, 2.24) is 14.7 Å². The molecule has 26 heavy (non-hydrogen) atoms. The minimum atomic E-state index is 0.127. The van der Waals surface area contributed by atoms with Crippen LogP contribution in [-0.4, -0.2) is 40.2 Å². The maximum absolute atomic E-state index is 12.9. The van der Waals surface area contributed by atoms with E-state index in [9.17, 15) is 4.79 Å². The van der Waals surface area contributed by atoms with Crippen molar-refractivity contribution in [2.45, 2.75) is 47.1 Å². The molecule has 5 nitrogen and oxygen atoms in total. The molecule has 0 atom stereocenters. The number of carbonyl (C=O) groups is 1. The summed E-state index contributed by atoms with van der Waals surface area (Å²) in [6.07, 6.45) is 1.24. The Kier molecular flexibility index (Phi) is 7.39. The van der Waals surface area contributed by atoms with Crippen LogP contribution < -0.4 is 5.73 Å². The molecule has 0 aliphatic carbocycles. The van der Waals surface area contributed by atoms with Crippen LogP contribution in [0.4, 0.5) is 0 Å². The predicted octanol–water partition coefficient (Wildman–Crippen LogP) is 2.73. The van der Waals surface area contributed by atoms with Gasteiger partial charge in [0.2, 0.25) is 5.91 Å². The summed E-state index contributed by atoms with van der Waals surface area (Å²) in [5.74, 6) is 0.651. The molecule has 2 N–H and O–H groups in total. The number of hydrogen-bond donors (Lipinski definition) is 1. The standard InChI is InChI=1S/C21H32N4O/c1-16(2)15-25-18(4)20(17(3)23-25)14-21(26)24(13-11-22)12-10-19-8-6-5-7-9-19/h5-9,16H,10-15,22H2,1-4H3. The minimum absolute atomic E-state index is 0.127. The monoisotopic (exact) mass is 356 g/mol. The van der Waals surface area contributed by atoms with Gasteiger partial charge >= 0.3 is 0 Å². The molecular weight excluding hydrogens is 324 g/mol. The smallest absolute Gasteiger partial charge is 0.227 e. The van der Waals surface area contributed by atoms with Gasteiger partial charge in [0.05, 0.1) is 12.1 Å². The van der Waals surface area contributed by atoms with Gasteiger partial charge in [-0.3, -0.25) is 9.48 Å². The zero-order chi connectivity index (χ0) is 19.1. The fourth-order valence-electron chi connectivity index (χ4n) is 3.20. The van der Waals surface area contributed by atoms with Gasteiger partial charge in [-0.25, -0.2) is 0 Å². The van der Waals surface area contributed by atoms with Crippen LogP contribution >= 0.6 is 0 Å². The maximum atomic E-state index is 12.9. The molecule has 1 aromatic heterocycles. The highest BCUT2D eigenvalue weighted by Crippen LogP contribution is 2.16. The lowest BCUT2D eigenvalue weighted by Gasteiger charge is -2.22. The third-order valence-corrected chi connectivity index (χ3v) is 4.66. The lowest BCUT2D eigenvalue weighted by atomic mass is 10.1. The molecule has 0 fully saturated rings. The van der Waals surface area contributed by atoms with E-state index in [0.29, 0.717) is 32.0 Å². The first kappa shape index (κ1) is 20.2. The Bertz CT molecular complexity index is 706. The summed E-state index contributed by atoms with van der Waals surface area (Å²) in [5.41, 5.74) is 10.1. The van der Waals surface area contributed by atoms with Gasteiger partial charge < -0.3 is 10.6 Å². The third-order valence-electron chi connectivity index (χ3n) is 4.66. The van der Waals surface area contributed by atoms with E-state index in [1.165, 1.54) is 5.56 Å². The summed E-state index contributed by atoms with van der Waals surface area (Å²) in [5, 5.41) is 4.62. The van der Waals surface area contributed by atoms with Crippen molar-refractivity contribution in [2.75, 3.05) is 19.6 Å². The number of rotatable bonds is 9. The van der Waals surface area contributed by atoms with Crippen LogP contribution in [0, 0.1) is 19.8 Å². The molecule has 0 saturated carbocycles. The Balaban J connectivity index is 2.06. The van der Waals surface area contributed by atoms with Crippen LogP contribution in [0.5, 0.6) is 0 Å². The van der Waals surface area contributed by atoms with Crippen LogP contribution in [0.2, 0.25) is 0 Å². The zero-order valence-electron chi connectivity index (χ0n) is 16.5. The predicted molar refractivity (Wildman–Crippen MR) is 106 cm³/mol. The van der Waals surface area contributed by atoms with Gasteiger partial charge in [0, 0.05) is 37.4 Å². The summed E-state index contributed by atoms with van der Waals surface area (Å²) in [7, 11) is 0. The quantitative estimate of drug-likeness (QED) is 0.751. The van der Waals surface area contributed by atoms with Gasteiger partial charge in [-0.05, 0) is 31.7 Å². The highest BCUT2D eigenvalue weighted by Gasteiger charge is 2.19. The molecule has 2 rings (SSSR count). The summed E-state index contributed by atoms with van der Waals surface area (Å²) in [6, 6.07) is 10.2. The second-order valence-electron chi connectivity index (χ2n) is 7.31. The molecule has 0 aliphatic heterocycles. The van der Waals surface area contributed by atoms with Crippen LogP contribution in [0.1, 0.15) is 36.4 Å². The number of nitrogens with two attached hydrogens (primary N) is 1. The van der Waals surface area contributed by atoms with Crippen LogP contribution in [-0.2, 0) is 24.2 Å². The van der Waals surface area contributed by atoms with Crippen molar-refractivity contribution in [2.24, 2.45) is 11.7 Å². The lowest BCUT2D eigenvalue weighted by molar-refractivity contribution is -0.130. The Morgan fingerprint density at radius 2 is 1.88 bits per heavy atom. The van der Waals surface area contributed by atoms with E-state index in [2.05, 4.69) is 38.0 Å². The van der Waals surface area contributed by atoms with E-state index < -0.39 is 0 Å². The molecule has 0 spiro atoms. The molecule has 0 radical (unpaired) electrons. The summed E-state index contributed by atoms with van der Waals surface area (Å²) < 4.78 is 2.03.